The zero-order valence-electron chi connectivity index (χ0n) is 12.0. The Morgan fingerprint density at radius 1 is 1.33 bits per heavy atom. The van der Waals surface area contributed by atoms with Gasteiger partial charge in [-0.1, -0.05) is 18.2 Å². The molecule has 1 aliphatic rings. The molecule has 1 heterocycles. The molecule has 2 rings (SSSR count). The first kappa shape index (κ1) is 15.5. The summed E-state index contributed by atoms with van der Waals surface area (Å²) in [6, 6.07) is 8.16. The first-order chi connectivity index (χ1) is 10.0. The first-order valence-corrected chi connectivity index (χ1v) is 6.80. The Labute approximate surface area is 123 Å². The quantitative estimate of drug-likeness (QED) is 0.873. The van der Waals surface area contributed by atoms with Gasteiger partial charge in [0.1, 0.15) is 5.92 Å². The lowest BCUT2D eigenvalue weighted by molar-refractivity contribution is -0.205. The molecule has 21 heavy (non-hydrogen) atoms. The van der Waals surface area contributed by atoms with Gasteiger partial charge in [-0.05, 0) is 19.1 Å². The molecule has 4 atom stereocenters. The molecule has 1 aliphatic heterocycles. The third-order valence-corrected chi connectivity index (χ3v) is 3.65. The first-order valence-electron chi connectivity index (χ1n) is 6.80. The molecule has 0 aromatic heterocycles. The minimum Gasteiger partial charge on any atom is -0.481 e. The second-order valence-electron chi connectivity index (χ2n) is 5.05. The summed E-state index contributed by atoms with van der Waals surface area (Å²) in [5, 5.41) is 12.1. The van der Waals surface area contributed by atoms with Crippen LogP contribution in [0.1, 0.15) is 23.7 Å². The summed E-state index contributed by atoms with van der Waals surface area (Å²) in [6.45, 7) is 1.67. The molecule has 1 aromatic carbocycles. The van der Waals surface area contributed by atoms with Gasteiger partial charge in [0.25, 0.3) is 5.91 Å². The van der Waals surface area contributed by atoms with Gasteiger partial charge >= 0.3 is 5.97 Å². The van der Waals surface area contributed by atoms with Crippen molar-refractivity contribution in [2.45, 2.75) is 31.8 Å². The molecule has 1 saturated heterocycles. The average molecular weight is 293 g/mol. The molecule has 2 N–H and O–H groups in total. The van der Waals surface area contributed by atoms with Crippen molar-refractivity contribution in [2.75, 3.05) is 7.11 Å². The summed E-state index contributed by atoms with van der Waals surface area (Å²) in [6.07, 6.45) is -0.755. The molecular weight excluding hydrogens is 274 g/mol. The second-order valence-corrected chi connectivity index (χ2v) is 5.05. The number of aliphatic carboxylic acids is 1. The Hall–Kier alpha value is -1.92. The van der Waals surface area contributed by atoms with Crippen LogP contribution in [0.5, 0.6) is 0 Å². The van der Waals surface area contributed by atoms with Crippen molar-refractivity contribution in [3.8, 4) is 0 Å². The number of rotatable bonds is 4. The SMILES string of the molecule is CO[C@H]1C[C@H](NC(=O)c2ccccc2)[C@@H](C(=O)O)[C@H](C)O1. The predicted molar refractivity (Wildman–Crippen MR) is 74.8 cm³/mol. The number of benzene rings is 1. The average Bonchev–Trinajstić information content (AvgIpc) is 2.47. The van der Waals surface area contributed by atoms with E-state index >= 15 is 0 Å². The Bertz CT molecular complexity index is 504. The fourth-order valence-corrected chi connectivity index (χ4v) is 2.58. The maximum Gasteiger partial charge on any atom is 0.311 e. The topological polar surface area (TPSA) is 84.9 Å². The molecule has 0 saturated carbocycles. The van der Waals surface area contributed by atoms with E-state index < -0.39 is 30.3 Å². The molecule has 0 unspecified atom stereocenters. The lowest BCUT2D eigenvalue weighted by Crippen LogP contribution is -2.54. The van der Waals surface area contributed by atoms with Gasteiger partial charge in [0.15, 0.2) is 6.29 Å². The standard InChI is InChI=1S/C15H19NO5/c1-9-13(15(18)19)11(8-12(20-2)21-9)16-14(17)10-6-4-3-5-7-10/h3-7,9,11-13H,8H2,1-2H3,(H,16,17)(H,18,19)/t9-,11-,12+,13-/m0/s1. The highest BCUT2D eigenvalue weighted by Gasteiger charge is 2.41. The summed E-state index contributed by atoms with van der Waals surface area (Å²) >= 11 is 0. The summed E-state index contributed by atoms with van der Waals surface area (Å²) < 4.78 is 10.6. The van der Waals surface area contributed by atoms with Gasteiger partial charge in [0, 0.05) is 25.1 Å². The summed E-state index contributed by atoms with van der Waals surface area (Å²) in [4.78, 5) is 23.6. The number of carbonyl (C=O) groups is 2. The molecule has 1 fully saturated rings. The third kappa shape index (κ3) is 3.59. The summed E-state index contributed by atoms with van der Waals surface area (Å²) in [7, 11) is 1.49. The zero-order chi connectivity index (χ0) is 15.4. The highest BCUT2D eigenvalue weighted by molar-refractivity contribution is 5.94. The van der Waals surface area contributed by atoms with E-state index in [0.29, 0.717) is 12.0 Å². The highest BCUT2D eigenvalue weighted by atomic mass is 16.7. The molecular formula is C15H19NO5. The number of nitrogens with one attached hydrogen (secondary N) is 1. The Kier molecular flexibility index (Phi) is 4.93. The number of carboxylic acid groups (broad SMARTS) is 1. The van der Waals surface area contributed by atoms with Crippen molar-refractivity contribution in [3.63, 3.8) is 0 Å². The lowest BCUT2D eigenvalue weighted by atomic mass is 9.89. The number of methoxy groups -OCH3 is 1. The van der Waals surface area contributed by atoms with E-state index in [1.807, 2.05) is 6.07 Å². The third-order valence-electron chi connectivity index (χ3n) is 3.65. The van der Waals surface area contributed by atoms with E-state index in [9.17, 15) is 14.7 Å². The minimum absolute atomic E-state index is 0.296. The molecule has 6 nitrogen and oxygen atoms in total. The number of carboxylic acids is 1. The van der Waals surface area contributed by atoms with Crippen molar-refractivity contribution in [1.29, 1.82) is 0 Å². The molecule has 6 heteroatoms. The Morgan fingerprint density at radius 3 is 2.57 bits per heavy atom. The molecule has 1 aromatic rings. The van der Waals surface area contributed by atoms with Gasteiger partial charge in [-0.25, -0.2) is 0 Å². The minimum atomic E-state index is -0.990. The van der Waals surface area contributed by atoms with Crippen LogP contribution in [0.25, 0.3) is 0 Å². The number of hydrogen-bond donors (Lipinski definition) is 2. The molecule has 1 amide bonds. The Morgan fingerprint density at radius 2 is 2.00 bits per heavy atom. The number of hydrogen-bond acceptors (Lipinski definition) is 4. The van der Waals surface area contributed by atoms with E-state index in [1.54, 1.807) is 31.2 Å². The predicted octanol–water partition coefficient (Wildman–Crippen LogP) is 1.27. The fraction of sp³-hybridized carbons (Fsp3) is 0.467. The number of amides is 1. The Balaban J connectivity index is 2.14. The van der Waals surface area contributed by atoms with E-state index in [4.69, 9.17) is 9.47 Å². The number of carbonyl (C=O) groups excluding carboxylic acids is 1. The molecule has 0 aliphatic carbocycles. The molecule has 114 valence electrons. The van der Waals surface area contributed by atoms with Crippen LogP contribution in [-0.4, -0.2) is 42.5 Å². The normalized spacial score (nSPS) is 28.9. The van der Waals surface area contributed by atoms with E-state index in [0.717, 1.165) is 0 Å². The molecule has 0 bridgehead atoms. The van der Waals surface area contributed by atoms with Crippen molar-refractivity contribution in [1.82, 2.24) is 5.32 Å². The zero-order valence-corrected chi connectivity index (χ0v) is 12.0. The maximum absolute atomic E-state index is 12.2. The summed E-state index contributed by atoms with van der Waals surface area (Å²) in [5.41, 5.74) is 0.495. The van der Waals surface area contributed by atoms with Crippen LogP contribution in [0.2, 0.25) is 0 Å². The number of ether oxygens (including phenoxy) is 2. The van der Waals surface area contributed by atoms with Crippen molar-refractivity contribution in [2.24, 2.45) is 5.92 Å². The lowest BCUT2D eigenvalue weighted by Gasteiger charge is -2.38. The van der Waals surface area contributed by atoms with Crippen LogP contribution in [0.15, 0.2) is 30.3 Å². The van der Waals surface area contributed by atoms with Crippen LogP contribution in [-0.2, 0) is 14.3 Å². The largest absolute Gasteiger partial charge is 0.481 e. The monoisotopic (exact) mass is 293 g/mol. The van der Waals surface area contributed by atoms with Crippen molar-refractivity contribution in [3.05, 3.63) is 35.9 Å². The van der Waals surface area contributed by atoms with Crippen molar-refractivity contribution >= 4 is 11.9 Å². The van der Waals surface area contributed by atoms with Gasteiger partial charge in [-0.3, -0.25) is 9.59 Å². The van der Waals surface area contributed by atoms with Gasteiger partial charge in [0.05, 0.1) is 6.10 Å². The highest BCUT2D eigenvalue weighted by Crippen LogP contribution is 2.26. The van der Waals surface area contributed by atoms with Crippen LogP contribution in [0, 0.1) is 5.92 Å². The van der Waals surface area contributed by atoms with Crippen LogP contribution >= 0.6 is 0 Å². The van der Waals surface area contributed by atoms with E-state index in [-0.39, 0.29) is 5.91 Å². The van der Waals surface area contributed by atoms with Gasteiger partial charge in [-0.2, -0.15) is 0 Å². The van der Waals surface area contributed by atoms with Crippen LogP contribution < -0.4 is 5.32 Å². The van der Waals surface area contributed by atoms with Crippen LogP contribution in [0.3, 0.4) is 0 Å². The van der Waals surface area contributed by atoms with Crippen molar-refractivity contribution < 1.29 is 24.2 Å². The van der Waals surface area contributed by atoms with Gasteiger partial charge in [-0.15, -0.1) is 0 Å². The van der Waals surface area contributed by atoms with Gasteiger partial charge < -0.3 is 19.9 Å². The summed E-state index contributed by atoms with van der Waals surface area (Å²) in [5.74, 6) is -2.09. The van der Waals surface area contributed by atoms with Gasteiger partial charge in [0.2, 0.25) is 0 Å². The maximum atomic E-state index is 12.2. The fourth-order valence-electron chi connectivity index (χ4n) is 2.58. The smallest absolute Gasteiger partial charge is 0.311 e. The molecule has 0 spiro atoms. The molecule has 0 radical (unpaired) electrons. The van der Waals surface area contributed by atoms with E-state index in [1.165, 1.54) is 7.11 Å². The second kappa shape index (κ2) is 6.69. The van der Waals surface area contributed by atoms with Crippen LogP contribution in [0.4, 0.5) is 0 Å². The van der Waals surface area contributed by atoms with E-state index in [2.05, 4.69) is 5.32 Å².